The molecule has 1 saturated heterocycles. The number of amides is 1. The van der Waals surface area contributed by atoms with E-state index >= 15 is 0 Å². The molecular weight excluding hydrogens is 404 g/mol. The Morgan fingerprint density at radius 3 is 2.47 bits per heavy atom. The fraction of sp³-hybridized carbons (Fsp3) is 0.636. The summed E-state index contributed by atoms with van der Waals surface area (Å²) in [7, 11) is -3.64. The smallest absolute Gasteiger partial charge is 0.338 e. The van der Waals surface area contributed by atoms with Gasteiger partial charge in [-0.3, -0.25) is 4.79 Å². The van der Waals surface area contributed by atoms with Crippen LogP contribution in [0.25, 0.3) is 0 Å². The van der Waals surface area contributed by atoms with Crippen molar-refractivity contribution in [2.45, 2.75) is 69.3 Å². The number of benzene rings is 1. The lowest BCUT2D eigenvalue weighted by Crippen LogP contribution is -2.38. The first kappa shape index (κ1) is 22.7. The Morgan fingerprint density at radius 1 is 1.10 bits per heavy atom. The lowest BCUT2D eigenvalue weighted by Gasteiger charge is -2.26. The van der Waals surface area contributed by atoms with E-state index in [9.17, 15) is 18.0 Å². The zero-order valence-corrected chi connectivity index (χ0v) is 18.5. The Bertz CT molecular complexity index is 843. The number of hydrogen-bond acceptors (Lipinski definition) is 5. The van der Waals surface area contributed by atoms with Gasteiger partial charge in [-0.15, -0.1) is 0 Å². The van der Waals surface area contributed by atoms with Crippen LogP contribution in [0.1, 0.15) is 68.6 Å². The average Bonchev–Trinajstić information content (AvgIpc) is 2.78. The number of carbonyl (C=O) groups excluding carboxylic acids is 2. The Morgan fingerprint density at radius 2 is 1.77 bits per heavy atom. The highest BCUT2D eigenvalue weighted by Gasteiger charge is 2.27. The molecule has 0 spiro atoms. The van der Waals surface area contributed by atoms with Gasteiger partial charge >= 0.3 is 5.97 Å². The molecule has 1 saturated carbocycles. The highest BCUT2D eigenvalue weighted by molar-refractivity contribution is 7.89. The number of nitrogens with zero attached hydrogens (tertiary/aromatic N) is 1. The molecule has 0 bridgehead atoms. The summed E-state index contributed by atoms with van der Waals surface area (Å²) in [6.07, 6.45) is 7.65. The number of piperidine rings is 1. The van der Waals surface area contributed by atoms with E-state index in [4.69, 9.17) is 4.74 Å². The summed E-state index contributed by atoms with van der Waals surface area (Å²) >= 11 is 0. The molecule has 1 N–H and O–H groups in total. The topological polar surface area (TPSA) is 92.8 Å². The second-order valence-corrected chi connectivity index (χ2v) is 10.2. The molecule has 7 nitrogen and oxygen atoms in total. The second kappa shape index (κ2) is 10.4. The first-order valence-corrected chi connectivity index (χ1v) is 12.4. The van der Waals surface area contributed by atoms with Crippen LogP contribution in [0.15, 0.2) is 29.2 Å². The largest absolute Gasteiger partial charge is 0.449 e. The van der Waals surface area contributed by atoms with Crippen molar-refractivity contribution in [1.29, 1.82) is 0 Å². The molecule has 0 aromatic heterocycles. The van der Waals surface area contributed by atoms with Crippen molar-refractivity contribution in [2.75, 3.05) is 19.6 Å². The number of esters is 1. The fourth-order valence-electron chi connectivity index (χ4n) is 4.10. The van der Waals surface area contributed by atoms with Gasteiger partial charge in [0.25, 0.3) is 5.91 Å². The van der Waals surface area contributed by atoms with Crippen LogP contribution in [0.3, 0.4) is 0 Å². The van der Waals surface area contributed by atoms with Gasteiger partial charge in [-0.1, -0.05) is 31.7 Å². The molecule has 1 aromatic rings. The molecular formula is C22H32N2O5S. The third-order valence-corrected chi connectivity index (χ3v) is 7.86. The fourth-order valence-corrected chi connectivity index (χ4v) is 5.66. The number of carbonyl (C=O) groups is 2. The molecule has 1 amide bonds. The summed E-state index contributed by atoms with van der Waals surface area (Å²) in [5.74, 6) is -0.542. The van der Waals surface area contributed by atoms with E-state index in [0.717, 1.165) is 32.1 Å². The van der Waals surface area contributed by atoms with Gasteiger partial charge in [0.1, 0.15) is 0 Å². The molecule has 0 radical (unpaired) electrons. The second-order valence-electron chi connectivity index (χ2n) is 8.29. The Hall–Kier alpha value is -1.93. The number of ether oxygens (including phenoxy) is 1. The zero-order valence-electron chi connectivity index (χ0n) is 17.6. The van der Waals surface area contributed by atoms with Gasteiger partial charge in [0, 0.05) is 19.6 Å². The molecule has 1 aliphatic carbocycles. The molecule has 166 valence electrons. The number of sulfonamides is 1. The molecule has 1 aliphatic heterocycles. The molecule has 8 heteroatoms. The normalized spacial score (nSPS) is 19.8. The molecule has 2 aliphatic rings. The van der Waals surface area contributed by atoms with Crippen molar-refractivity contribution in [1.82, 2.24) is 9.62 Å². The van der Waals surface area contributed by atoms with E-state index in [1.807, 2.05) is 0 Å². The number of rotatable bonds is 7. The molecule has 1 heterocycles. The van der Waals surface area contributed by atoms with Crippen LogP contribution in [0.2, 0.25) is 0 Å². The van der Waals surface area contributed by atoms with Crippen molar-refractivity contribution in [3.05, 3.63) is 29.8 Å². The van der Waals surface area contributed by atoms with E-state index in [0.29, 0.717) is 25.6 Å². The predicted molar refractivity (Wildman–Crippen MR) is 114 cm³/mol. The molecule has 1 aromatic carbocycles. The van der Waals surface area contributed by atoms with Crippen LogP contribution in [0.5, 0.6) is 0 Å². The van der Waals surface area contributed by atoms with E-state index in [1.165, 1.54) is 54.8 Å². The third kappa shape index (κ3) is 5.82. The van der Waals surface area contributed by atoms with Crippen LogP contribution in [0.4, 0.5) is 0 Å². The first-order valence-electron chi connectivity index (χ1n) is 11.0. The van der Waals surface area contributed by atoms with Gasteiger partial charge in [-0.25, -0.2) is 13.2 Å². The first-order chi connectivity index (χ1) is 14.4. The lowest BCUT2D eigenvalue weighted by atomic mass is 9.89. The summed E-state index contributed by atoms with van der Waals surface area (Å²) in [5, 5.41) is 2.87. The highest BCUT2D eigenvalue weighted by Crippen LogP contribution is 2.23. The van der Waals surface area contributed by atoms with E-state index in [1.54, 1.807) is 0 Å². The van der Waals surface area contributed by atoms with E-state index in [-0.39, 0.29) is 16.4 Å². The summed E-state index contributed by atoms with van der Waals surface area (Å²) in [5.41, 5.74) is 0.125. The number of hydrogen-bond donors (Lipinski definition) is 1. The van der Waals surface area contributed by atoms with Gasteiger partial charge in [-0.05, 0) is 56.7 Å². The molecule has 30 heavy (non-hydrogen) atoms. The van der Waals surface area contributed by atoms with Gasteiger partial charge in [0.2, 0.25) is 10.0 Å². The minimum Gasteiger partial charge on any atom is -0.449 e. The van der Waals surface area contributed by atoms with Crippen molar-refractivity contribution in [2.24, 2.45) is 5.92 Å². The maximum absolute atomic E-state index is 12.8. The quantitative estimate of drug-likeness (QED) is 0.663. The van der Waals surface area contributed by atoms with Gasteiger partial charge in [0.05, 0.1) is 10.5 Å². The van der Waals surface area contributed by atoms with Crippen LogP contribution in [0, 0.1) is 5.92 Å². The summed E-state index contributed by atoms with van der Waals surface area (Å²) in [6.45, 7) is 3.12. The van der Waals surface area contributed by atoms with E-state index < -0.39 is 22.1 Å². The summed E-state index contributed by atoms with van der Waals surface area (Å²) in [6, 6.07) is 5.85. The Kier molecular flexibility index (Phi) is 7.88. The maximum Gasteiger partial charge on any atom is 0.338 e. The third-order valence-electron chi connectivity index (χ3n) is 5.97. The van der Waals surface area contributed by atoms with Crippen LogP contribution in [-0.2, 0) is 19.6 Å². The highest BCUT2D eigenvalue weighted by atomic mass is 32.2. The Balaban J connectivity index is 1.58. The molecule has 1 atom stereocenters. The van der Waals surface area contributed by atoms with Gasteiger partial charge in [0.15, 0.2) is 6.10 Å². The standard InChI is InChI=1S/C22H32N2O5S/c1-17(21(25)23-16-18-9-4-2-5-10-18)29-22(26)19-11-8-12-20(15-19)30(27,28)24-13-6-3-7-14-24/h8,11-12,15,17-18H,2-7,9-10,13-14,16H2,1H3,(H,23,25)/t17-/m0/s1. The number of nitrogens with one attached hydrogen (secondary N) is 1. The van der Waals surface area contributed by atoms with Gasteiger partial charge < -0.3 is 10.1 Å². The summed E-state index contributed by atoms with van der Waals surface area (Å²) < 4.78 is 32.4. The van der Waals surface area contributed by atoms with Crippen molar-refractivity contribution >= 4 is 21.9 Å². The summed E-state index contributed by atoms with van der Waals surface area (Å²) in [4.78, 5) is 24.9. The van der Waals surface area contributed by atoms with Crippen LogP contribution >= 0.6 is 0 Å². The SMILES string of the molecule is C[C@H](OC(=O)c1cccc(S(=O)(=O)N2CCCCC2)c1)C(=O)NCC1CCCCC1. The van der Waals surface area contributed by atoms with Gasteiger partial charge in [-0.2, -0.15) is 4.31 Å². The van der Waals surface area contributed by atoms with Crippen molar-refractivity contribution in [3.8, 4) is 0 Å². The molecule has 2 fully saturated rings. The van der Waals surface area contributed by atoms with E-state index in [2.05, 4.69) is 5.32 Å². The zero-order chi connectivity index (χ0) is 21.6. The lowest BCUT2D eigenvalue weighted by molar-refractivity contribution is -0.129. The molecule has 0 unspecified atom stereocenters. The average molecular weight is 437 g/mol. The maximum atomic E-state index is 12.8. The van der Waals surface area contributed by atoms with Crippen molar-refractivity contribution in [3.63, 3.8) is 0 Å². The Labute approximate surface area is 179 Å². The minimum absolute atomic E-state index is 0.0771. The molecule has 3 rings (SSSR count). The van der Waals surface area contributed by atoms with Crippen LogP contribution in [-0.4, -0.2) is 50.3 Å². The monoisotopic (exact) mass is 436 g/mol. The minimum atomic E-state index is -3.64. The predicted octanol–water partition coefficient (Wildman–Crippen LogP) is 3.10. The van der Waals surface area contributed by atoms with Crippen LogP contribution < -0.4 is 5.32 Å². The van der Waals surface area contributed by atoms with Crippen molar-refractivity contribution < 1.29 is 22.7 Å².